The van der Waals surface area contributed by atoms with Gasteiger partial charge in [0.05, 0.1) is 17.3 Å². The molecule has 1 aliphatic rings. The Hall–Kier alpha value is -0.750. The van der Waals surface area contributed by atoms with Gasteiger partial charge in [0.15, 0.2) is 18.3 Å². The molecule has 1 fully saturated rings. The molecule has 0 unspecified atom stereocenters. The van der Waals surface area contributed by atoms with Crippen LogP contribution in [0.1, 0.15) is 37.7 Å². The van der Waals surface area contributed by atoms with Gasteiger partial charge in [-0.2, -0.15) is 0 Å². The third-order valence-corrected chi connectivity index (χ3v) is 4.65. The molecular formula is C17H23IO3. The number of hydrogen-bond acceptors (Lipinski definition) is 3. The second-order valence-electron chi connectivity index (χ2n) is 5.38. The Labute approximate surface area is 140 Å². The molecular weight excluding hydrogens is 379 g/mol. The minimum atomic E-state index is 0.274. The van der Waals surface area contributed by atoms with Gasteiger partial charge >= 0.3 is 0 Å². The average Bonchev–Trinajstić information content (AvgIpc) is 2.53. The number of halogens is 1. The van der Waals surface area contributed by atoms with Crippen LogP contribution in [0.2, 0.25) is 0 Å². The highest BCUT2D eigenvalue weighted by Crippen LogP contribution is 2.34. The van der Waals surface area contributed by atoms with E-state index in [9.17, 15) is 0 Å². The van der Waals surface area contributed by atoms with Gasteiger partial charge in [0.2, 0.25) is 0 Å². The van der Waals surface area contributed by atoms with Crippen molar-refractivity contribution in [1.82, 2.24) is 0 Å². The van der Waals surface area contributed by atoms with Crippen LogP contribution in [0, 0.1) is 9.49 Å². The highest BCUT2D eigenvalue weighted by molar-refractivity contribution is 14.1. The topological polar surface area (TPSA) is 27.7 Å². The molecule has 0 spiro atoms. The Kier molecular flexibility index (Phi) is 6.83. The average molecular weight is 402 g/mol. The SMILES string of the molecule is C=Cc1cc(I)c(OCOCC2CCCCC2)c(OC)c1. The number of rotatable bonds is 7. The van der Waals surface area contributed by atoms with E-state index in [1.54, 1.807) is 13.2 Å². The maximum atomic E-state index is 5.76. The predicted molar refractivity (Wildman–Crippen MR) is 93.8 cm³/mol. The van der Waals surface area contributed by atoms with Crippen molar-refractivity contribution in [3.63, 3.8) is 0 Å². The highest BCUT2D eigenvalue weighted by atomic mass is 127. The largest absolute Gasteiger partial charge is 0.493 e. The summed E-state index contributed by atoms with van der Waals surface area (Å²) in [6.07, 6.45) is 8.42. The first kappa shape index (κ1) is 16.6. The first-order chi connectivity index (χ1) is 10.2. The monoisotopic (exact) mass is 402 g/mol. The quantitative estimate of drug-likeness (QED) is 0.370. The van der Waals surface area contributed by atoms with E-state index in [0.29, 0.717) is 5.92 Å². The molecule has 2 rings (SSSR count). The number of hydrogen-bond donors (Lipinski definition) is 0. The Morgan fingerprint density at radius 3 is 2.71 bits per heavy atom. The van der Waals surface area contributed by atoms with Crippen molar-refractivity contribution in [2.75, 3.05) is 20.5 Å². The smallest absolute Gasteiger partial charge is 0.189 e. The Morgan fingerprint density at radius 2 is 2.05 bits per heavy atom. The molecule has 0 aliphatic heterocycles. The molecule has 0 bridgehead atoms. The van der Waals surface area contributed by atoms with Crippen LogP contribution in [0.5, 0.6) is 11.5 Å². The lowest BCUT2D eigenvalue weighted by Crippen LogP contribution is -2.15. The predicted octanol–water partition coefficient (Wildman–Crippen LogP) is 4.88. The highest BCUT2D eigenvalue weighted by Gasteiger charge is 2.14. The van der Waals surface area contributed by atoms with Crippen LogP contribution in [0.4, 0.5) is 0 Å². The van der Waals surface area contributed by atoms with Crippen LogP contribution >= 0.6 is 22.6 Å². The molecule has 0 heterocycles. The second kappa shape index (κ2) is 8.63. The molecule has 0 aromatic heterocycles. The summed E-state index contributed by atoms with van der Waals surface area (Å²) in [7, 11) is 1.65. The Morgan fingerprint density at radius 1 is 1.29 bits per heavy atom. The molecule has 4 heteroatoms. The van der Waals surface area contributed by atoms with Gasteiger partial charge in [0.25, 0.3) is 0 Å². The zero-order valence-corrected chi connectivity index (χ0v) is 14.7. The fourth-order valence-electron chi connectivity index (χ4n) is 2.67. The molecule has 0 amide bonds. The molecule has 0 saturated heterocycles. The molecule has 0 radical (unpaired) electrons. The summed E-state index contributed by atoms with van der Waals surface area (Å²) in [5.74, 6) is 2.16. The van der Waals surface area contributed by atoms with Crippen molar-refractivity contribution >= 4 is 28.7 Å². The van der Waals surface area contributed by atoms with Gasteiger partial charge in [-0.3, -0.25) is 0 Å². The van der Waals surface area contributed by atoms with E-state index in [-0.39, 0.29) is 6.79 Å². The maximum Gasteiger partial charge on any atom is 0.189 e. The normalized spacial score (nSPS) is 15.7. The summed E-state index contributed by atoms with van der Waals surface area (Å²) in [5, 5.41) is 0. The van der Waals surface area contributed by atoms with Crippen LogP contribution < -0.4 is 9.47 Å². The standard InChI is InChI=1S/C17H23IO3/c1-3-13-9-15(18)17(16(10-13)19-2)21-12-20-11-14-7-5-4-6-8-14/h3,9-10,14H,1,4-8,11-12H2,2H3. The van der Waals surface area contributed by atoms with E-state index in [0.717, 1.165) is 27.2 Å². The summed E-state index contributed by atoms with van der Waals surface area (Å²) < 4.78 is 17.8. The minimum Gasteiger partial charge on any atom is -0.493 e. The first-order valence-corrected chi connectivity index (χ1v) is 8.53. The van der Waals surface area contributed by atoms with Crippen molar-refractivity contribution in [1.29, 1.82) is 0 Å². The lowest BCUT2D eigenvalue weighted by atomic mass is 9.90. The number of ether oxygens (including phenoxy) is 3. The molecule has 0 atom stereocenters. The number of methoxy groups -OCH3 is 1. The third-order valence-electron chi connectivity index (χ3n) is 3.85. The van der Waals surface area contributed by atoms with Crippen molar-refractivity contribution in [2.24, 2.45) is 5.92 Å². The Bertz CT molecular complexity index is 467. The zero-order chi connectivity index (χ0) is 15.1. The number of benzene rings is 1. The lowest BCUT2D eigenvalue weighted by molar-refractivity contribution is -0.00936. The van der Waals surface area contributed by atoms with Gasteiger partial charge in [0, 0.05) is 0 Å². The molecule has 21 heavy (non-hydrogen) atoms. The summed E-state index contributed by atoms with van der Waals surface area (Å²) >= 11 is 2.24. The second-order valence-corrected chi connectivity index (χ2v) is 6.54. The van der Waals surface area contributed by atoms with E-state index in [1.807, 2.05) is 12.1 Å². The van der Waals surface area contributed by atoms with Crippen molar-refractivity contribution in [3.05, 3.63) is 27.8 Å². The molecule has 1 aliphatic carbocycles. The van der Waals surface area contributed by atoms with Gasteiger partial charge in [0.1, 0.15) is 0 Å². The zero-order valence-electron chi connectivity index (χ0n) is 12.6. The molecule has 1 saturated carbocycles. The van der Waals surface area contributed by atoms with Crippen molar-refractivity contribution in [2.45, 2.75) is 32.1 Å². The molecule has 0 N–H and O–H groups in total. The molecule has 1 aromatic carbocycles. The van der Waals surface area contributed by atoms with E-state index in [4.69, 9.17) is 14.2 Å². The van der Waals surface area contributed by atoms with E-state index in [1.165, 1.54) is 32.1 Å². The fourth-order valence-corrected chi connectivity index (χ4v) is 3.45. The van der Waals surface area contributed by atoms with Crippen LogP contribution in [0.25, 0.3) is 6.08 Å². The van der Waals surface area contributed by atoms with Crippen LogP contribution in [-0.4, -0.2) is 20.5 Å². The fraction of sp³-hybridized carbons (Fsp3) is 0.529. The van der Waals surface area contributed by atoms with E-state index < -0.39 is 0 Å². The van der Waals surface area contributed by atoms with Crippen LogP contribution in [0.3, 0.4) is 0 Å². The van der Waals surface area contributed by atoms with Crippen LogP contribution in [-0.2, 0) is 4.74 Å². The maximum absolute atomic E-state index is 5.76. The van der Waals surface area contributed by atoms with E-state index in [2.05, 4.69) is 29.2 Å². The van der Waals surface area contributed by atoms with Gasteiger partial charge in [-0.05, 0) is 59.0 Å². The van der Waals surface area contributed by atoms with Gasteiger partial charge < -0.3 is 14.2 Å². The van der Waals surface area contributed by atoms with Gasteiger partial charge in [-0.15, -0.1) is 0 Å². The summed E-state index contributed by atoms with van der Waals surface area (Å²) in [6, 6.07) is 3.94. The Balaban J connectivity index is 1.85. The van der Waals surface area contributed by atoms with E-state index >= 15 is 0 Å². The summed E-state index contributed by atoms with van der Waals surface area (Å²) in [6.45, 7) is 4.85. The van der Waals surface area contributed by atoms with Crippen molar-refractivity contribution < 1.29 is 14.2 Å². The molecule has 1 aromatic rings. The molecule has 116 valence electrons. The van der Waals surface area contributed by atoms with Crippen LogP contribution in [0.15, 0.2) is 18.7 Å². The van der Waals surface area contributed by atoms with Crippen molar-refractivity contribution in [3.8, 4) is 11.5 Å². The minimum absolute atomic E-state index is 0.274. The van der Waals surface area contributed by atoms with Gasteiger partial charge in [-0.25, -0.2) is 0 Å². The van der Waals surface area contributed by atoms with Gasteiger partial charge in [-0.1, -0.05) is 31.9 Å². The molecule has 3 nitrogen and oxygen atoms in total. The third kappa shape index (κ3) is 4.88. The lowest BCUT2D eigenvalue weighted by Gasteiger charge is -2.21. The summed E-state index contributed by atoms with van der Waals surface area (Å²) in [5.41, 5.74) is 1.02. The first-order valence-electron chi connectivity index (χ1n) is 7.45. The summed E-state index contributed by atoms with van der Waals surface area (Å²) in [4.78, 5) is 0.